The number of rotatable bonds is 9. The quantitative estimate of drug-likeness (QED) is 0.616. The molecule has 2 aromatic carbocycles. The van der Waals surface area contributed by atoms with E-state index in [1.54, 1.807) is 56.3 Å². The van der Waals surface area contributed by atoms with E-state index in [2.05, 4.69) is 5.32 Å². The highest BCUT2D eigenvalue weighted by atomic mass is 35.5. The zero-order chi connectivity index (χ0) is 23.2. The number of aryl methyl sites for hydroxylation is 1. The smallest absolute Gasteiger partial charge is 0.244 e. The first-order chi connectivity index (χ1) is 14.5. The average Bonchev–Trinajstić information content (AvgIpc) is 2.70. The predicted octanol–water partition coefficient (Wildman–Crippen LogP) is 2.97. The number of nitrogens with zero attached hydrogens (tertiary/aromatic N) is 2. The molecule has 0 saturated heterocycles. The maximum Gasteiger partial charge on any atom is 0.244 e. The normalized spacial score (nSPS) is 12.2. The van der Waals surface area contributed by atoms with E-state index in [1.165, 1.54) is 4.90 Å². The van der Waals surface area contributed by atoms with Crippen molar-refractivity contribution in [3.63, 3.8) is 0 Å². The zero-order valence-electron chi connectivity index (χ0n) is 18.1. The molecular weight excluding hydrogens is 438 g/mol. The van der Waals surface area contributed by atoms with Crippen LogP contribution in [0.3, 0.4) is 0 Å². The molecule has 168 valence electrons. The third-order valence-corrected chi connectivity index (χ3v) is 6.15. The van der Waals surface area contributed by atoms with Crippen molar-refractivity contribution in [3.8, 4) is 0 Å². The predicted molar refractivity (Wildman–Crippen MR) is 124 cm³/mol. The van der Waals surface area contributed by atoms with E-state index in [9.17, 15) is 18.0 Å². The first kappa shape index (κ1) is 24.7. The molecule has 0 aliphatic carbocycles. The lowest BCUT2D eigenvalue weighted by Gasteiger charge is -2.31. The molecule has 0 heterocycles. The summed E-state index contributed by atoms with van der Waals surface area (Å²) in [7, 11) is -3.73. The van der Waals surface area contributed by atoms with E-state index < -0.39 is 28.5 Å². The summed E-state index contributed by atoms with van der Waals surface area (Å²) in [6.45, 7) is 5.40. The summed E-state index contributed by atoms with van der Waals surface area (Å²) in [6, 6.07) is 13.1. The van der Waals surface area contributed by atoms with Crippen LogP contribution in [0, 0.1) is 6.92 Å². The van der Waals surface area contributed by atoms with Gasteiger partial charge < -0.3 is 10.2 Å². The van der Waals surface area contributed by atoms with E-state index in [4.69, 9.17) is 11.6 Å². The number of halogens is 1. The molecule has 1 N–H and O–H groups in total. The van der Waals surface area contributed by atoms with Crippen molar-refractivity contribution >= 4 is 39.1 Å². The fraction of sp³-hybridized carbons (Fsp3) is 0.364. The minimum Gasteiger partial charge on any atom is -0.355 e. The molecule has 1 unspecified atom stereocenters. The number of amides is 2. The lowest BCUT2D eigenvalue weighted by atomic mass is 10.1. The highest BCUT2D eigenvalue weighted by Crippen LogP contribution is 2.20. The Hall–Kier alpha value is -2.58. The minimum absolute atomic E-state index is 0.139. The molecule has 1 atom stereocenters. The van der Waals surface area contributed by atoms with Gasteiger partial charge in [0, 0.05) is 18.1 Å². The van der Waals surface area contributed by atoms with Crippen LogP contribution in [0.1, 0.15) is 25.0 Å². The summed E-state index contributed by atoms with van der Waals surface area (Å²) in [5.74, 6) is -0.799. The summed E-state index contributed by atoms with van der Waals surface area (Å²) in [4.78, 5) is 27.1. The van der Waals surface area contributed by atoms with E-state index in [0.717, 1.165) is 21.7 Å². The van der Waals surface area contributed by atoms with Gasteiger partial charge in [0.05, 0.1) is 11.9 Å². The molecule has 2 rings (SSSR count). The summed E-state index contributed by atoms with van der Waals surface area (Å²) in [5, 5.41) is 3.27. The fourth-order valence-corrected chi connectivity index (χ4v) is 4.06. The van der Waals surface area contributed by atoms with Gasteiger partial charge in [-0.05, 0) is 56.2 Å². The maximum atomic E-state index is 13.3. The first-order valence-electron chi connectivity index (χ1n) is 9.89. The maximum absolute atomic E-state index is 13.3. The van der Waals surface area contributed by atoms with Crippen LogP contribution in [0.25, 0.3) is 0 Å². The molecule has 0 aromatic heterocycles. The number of likely N-dealkylation sites (N-methyl/N-ethyl adjacent to an activating group) is 1. The van der Waals surface area contributed by atoms with Crippen LogP contribution < -0.4 is 9.62 Å². The van der Waals surface area contributed by atoms with Gasteiger partial charge >= 0.3 is 0 Å². The lowest BCUT2D eigenvalue weighted by molar-refractivity contribution is -0.139. The van der Waals surface area contributed by atoms with E-state index in [-0.39, 0.29) is 12.5 Å². The Morgan fingerprint density at radius 1 is 1.13 bits per heavy atom. The van der Waals surface area contributed by atoms with Crippen LogP contribution >= 0.6 is 11.6 Å². The van der Waals surface area contributed by atoms with Gasteiger partial charge in [-0.3, -0.25) is 13.9 Å². The molecule has 31 heavy (non-hydrogen) atoms. The highest BCUT2D eigenvalue weighted by Gasteiger charge is 2.29. The SMILES string of the molecule is CCNC(=O)C(C)N(Cc1ccc(Cl)cc1)C(=O)CN(c1cccc(C)c1)S(C)(=O)=O. The van der Waals surface area contributed by atoms with Crippen LogP contribution in [-0.2, 0) is 26.2 Å². The largest absolute Gasteiger partial charge is 0.355 e. The Balaban J connectivity index is 2.37. The van der Waals surface area contributed by atoms with Crippen molar-refractivity contribution in [1.82, 2.24) is 10.2 Å². The number of benzene rings is 2. The van der Waals surface area contributed by atoms with Gasteiger partial charge in [-0.2, -0.15) is 0 Å². The summed E-state index contributed by atoms with van der Waals surface area (Å²) in [6.07, 6.45) is 1.05. The van der Waals surface area contributed by atoms with Crippen molar-refractivity contribution in [2.45, 2.75) is 33.4 Å². The van der Waals surface area contributed by atoms with Gasteiger partial charge in [-0.25, -0.2) is 8.42 Å². The second-order valence-electron chi connectivity index (χ2n) is 7.33. The molecule has 2 aromatic rings. The van der Waals surface area contributed by atoms with Gasteiger partial charge in [-0.1, -0.05) is 35.9 Å². The topological polar surface area (TPSA) is 86.8 Å². The van der Waals surface area contributed by atoms with Crippen molar-refractivity contribution in [3.05, 3.63) is 64.7 Å². The molecular formula is C22H28ClN3O4S. The number of nitrogens with one attached hydrogen (secondary N) is 1. The van der Waals surface area contributed by atoms with Crippen LogP contribution in [0.15, 0.2) is 48.5 Å². The van der Waals surface area contributed by atoms with Crippen molar-refractivity contribution in [2.75, 3.05) is 23.7 Å². The number of anilines is 1. The Labute approximate surface area is 189 Å². The number of hydrogen-bond donors (Lipinski definition) is 1. The third-order valence-electron chi connectivity index (χ3n) is 4.75. The minimum atomic E-state index is -3.73. The molecule has 0 spiro atoms. The molecule has 0 radical (unpaired) electrons. The summed E-state index contributed by atoms with van der Waals surface area (Å²) >= 11 is 5.95. The van der Waals surface area contributed by atoms with Crippen LogP contribution in [0.5, 0.6) is 0 Å². The van der Waals surface area contributed by atoms with Gasteiger partial charge in [0.2, 0.25) is 21.8 Å². The fourth-order valence-electron chi connectivity index (χ4n) is 3.09. The van der Waals surface area contributed by atoms with Gasteiger partial charge in [0.1, 0.15) is 12.6 Å². The van der Waals surface area contributed by atoms with Crippen molar-refractivity contribution in [1.29, 1.82) is 0 Å². The number of carbonyl (C=O) groups is 2. The van der Waals surface area contributed by atoms with E-state index in [0.29, 0.717) is 17.3 Å². The molecule has 0 aliphatic rings. The Morgan fingerprint density at radius 2 is 1.77 bits per heavy atom. The van der Waals surface area contributed by atoms with Crippen LogP contribution in [0.2, 0.25) is 5.02 Å². The number of sulfonamides is 1. The molecule has 7 nitrogen and oxygen atoms in total. The highest BCUT2D eigenvalue weighted by molar-refractivity contribution is 7.92. The second kappa shape index (κ2) is 10.6. The van der Waals surface area contributed by atoms with Gasteiger partial charge in [0.15, 0.2) is 0 Å². The first-order valence-corrected chi connectivity index (χ1v) is 12.1. The Morgan fingerprint density at radius 3 is 2.32 bits per heavy atom. The molecule has 9 heteroatoms. The standard InChI is InChI=1S/C22H28ClN3O4S/c1-5-24-22(28)17(3)25(14-18-9-11-19(23)12-10-18)21(27)15-26(31(4,29)30)20-8-6-7-16(2)13-20/h6-13,17H,5,14-15H2,1-4H3,(H,24,28). The second-order valence-corrected chi connectivity index (χ2v) is 9.67. The molecule has 2 amide bonds. The van der Waals surface area contributed by atoms with E-state index >= 15 is 0 Å². The van der Waals surface area contributed by atoms with Gasteiger partial charge in [0.25, 0.3) is 0 Å². The van der Waals surface area contributed by atoms with Crippen LogP contribution in [0.4, 0.5) is 5.69 Å². The summed E-state index contributed by atoms with van der Waals surface area (Å²) < 4.78 is 26.0. The molecule has 0 bridgehead atoms. The van der Waals surface area contributed by atoms with Gasteiger partial charge in [-0.15, -0.1) is 0 Å². The monoisotopic (exact) mass is 465 g/mol. The average molecular weight is 466 g/mol. The molecule has 0 fully saturated rings. The third kappa shape index (κ3) is 6.97. The van der Waals surface area contributed by atoms with Crippen molar-refractivity contribution in [2.24, 2.45) is 0 Å². The van der Waals surface area contributed by atoms with E-state index in [1.807, 2.05) is 13.0 Å². The Bertz CT molecular complexity index is 1030. The number of carbonyl (C=O) groups excluding carboxylic acids is 2. The zero-order valence-corrected chi connectivity index (χ0v) is 19.7. The summed E-state index contributed by atoms with van der Waals surface area (Å²) in [5.41, 5.74) is 2.04. The van der Waals surface area contributed by atoms with Crippen LogP contribution in [-0.4, -0.2) is 50.5 Å². The lowest BCUT2D eigenvalue weighted by Crippen LogP contribution is -2.51. The molecule has 0 saturated carbocycles. The molecule has 0 aliphatic heterocycles. The Kier molecular flexibility index (Phi) is 8.47. The van der Waals surface area contributed by atoms with Crippen molar-refractivity contribution < 1.29 is 18.0 Å². The number of hydrogen-bond acceptors (Lipinski definition) is 4.